The zero-order chi connectivity index (χ0) is 20.6. The van der Waals surface area contributed by atoms with E-state index in [1.807, 2.05) is 26.8 Å². The number of benzene rings is 1. The van der Waals surface area contributed by atoms with Gasteiger partial charge < -0.3 is 19.9 Å². The highest BCUT2D eigenvalue weighted by Crippen LogP contribution is 2.22. The van der Waals surface area contributed by atoms with Gasteiger partial charge in [-0.1, -0.05) is 37.2 Å². The number of alkyl halides is 3. The third-order valence-electron chi connectivity index (χ3n) is 3.71. The molecule has 28 heavy (non-hydrogen) atoms. The molecule has 0 atom stereocenters. The molecule has 1 heterocycles. The van der Waals surface area contributed by atoms with Crippen molar-refractivity contribution in [1.82, 2.24) is 15.8 Å². The number of hydrogen-bond acceptors (Lipinski definition) is 4. The Morgan fingerprint density at radius 2 is 2.00 bits per heavy atom. The largest absolute Gasteiger partial charge is 0.484 e. The van der Waals surface area contributed by atoms with Crippen LogP contribution in [0.15, 0.2) is 39.8 Å². The van der Waals surface area contributed by atoms with Crippen molar-refractivity contribution in [3.8, 4) is 5.75 Å². The van der Waals surface area contributed by atoms with E-state index in [2.05, 4.69) is 20.8 Å². The number of ether oxygens (including phenoxy) is 1. The standard InChI is InChI=1S/C19H25F3N4O2/c1-4-23-18(25-11-15-9-16(13(2)3)26-28-15)24-10-14-7-5-6-8-17(14)27-12-19(20,21)22/h5-9,13H,4,10-12H2,1-3H3,(H2,23,24,25). The lowest BCUT2D eigenvalue weighted by Crippen LogP contribution is -2.36. The minimum Gasteiger partial charge on any atom is -0.484 e. The molecule has 0 unspecified atom stereocenters. The Bertz CT molecular complexity index is 773. The number of halogens is 3. The molecular formula is C19H25F3N4O2. The van der Waals surface area contributed by atoms with Crippen LogP contribution in [0.4, 0.5) is 13.2 Å². The summed E-state index contributed by atoms with van der Waals surface area (Å²) in [5.74, 6) is 1.61. The van der Waals surface area contributed by atoms with Crippen LogP contribution in [0.25, 0.3) is 0 Å². The SMILES string of the molecule is CCNC(=NCc1ccccc1OCC(F)(F)F)NCc1cc(C(C)C)no1. The molecule has 0 amide bonds. The molecule has 0 saturated heterocycles. The average Bonchev–Trinajstić information content (AvgIpc) is 3.12. The molecule has 0 radical (unpaired) electrons. The van der Waals surface area contributed by atoms with Crippen molar-refractivity contribution in [2.75, 3.05) is 13.2 Å². The molecule has 2 N–H and O–H groups in total. The number of guanidine groups is 1. The first-order valence-corrected chi connectivity index (χ1v) is 9.03. The fraction of sp³-hybridized carbons (Fsp3) is 0.474. The van der Waals surface area contributed by atoms with Crippen LogP contribution in [0.5, 0.6) is 5.75 Å². The summed E-state index contributed by atoms with van der Waals surface area (Å²) in [6.45, 7) is 5.82. The summed E-state index contributed by atoms with van der Waals surface area (Å²) >= 11 is 0. The van der Waals surface area contributed by atoms with E-state index >= 15 is 0 Å². The lowest BCUT2D eigenvalue weighted by Gasteiger charge is -2.13. The van der Waals surface area contributed by atoms with E-state index < -0.39 is 12.8 Å². The summed E-state index contributed by atoms with van der Waals surface area (Å²) in [7, 11) is 0. The van der Waals surface area contributed by atoms with E-state index in [0.717, 1.165) is 5.69 Å². The molecule has 0 saturated carbocycles. The molecule has 2 rings (SSSR count). The molecule has 1 aromatic carbocycles. The maximum Gasteiger partial charge on any atom is 0.422 e. The predicted molar refractivity (Wildman–Crippen MR) is 100 cm³/mol. The number of nitrogens with one attached hydrogen (secondary N) is 2. The molecule has 6 nitrogen and oxygen atoms in total. The van der Waals surface area contributed by atoms with E-state index in [0.29, 0.717) is 30.4 Å². The Morgan fingerprint density at radius 3 is 2.64 bits per heavy atom. The molecule has 0 aliphatic heterocycles. The fourth-order valence-electron chi connectivity index (χ4n) is 2.30. The van der Waals surface area contributed by atoms with Gasteiger partial charge in [0.15, 0.2) is 18.3 Å². The summed E-state index contributed by atoms with van der Waals surface area (Å²) in [6.07, 6.45) is -4.39. The van der Waals surface area contributed by atoms with Crippen LogP contribution in [0.1, 0.15) is 43.7 Å². The van der Waals surface area contributed by atoms with Gasteiger partial charge in [0.1, 0.15) is 5.75 Å². The van der Waals surface area contributed by atoms with E-state index in [1.165, 1.54) is 6.07 Å². The molecule has 0 fully saturated rings. The molecular weight excluding hydrogens is 373 g/mol. The lowest BCUT2D eigenvalue weighted by atomic mass is 10.1. The van der Waals surface area contributed by atoms with Crippen molar-refractivity contribution in [1.29, 1.82) is 0 Å². The van der Waals surface area contributed by atoms with E-state index in [4.69, 9.17) is 9.26 Å². The van der Waals surface area contributed by atoms with E-state index in [9.17, 15) is 13.2 Å². The van der Waals surface area contributed by atoms with Crippen molar-refractivity contribution in [3.63, 3.8) is 0 Å². The van der Waals surface area contributed by atoms with Crippen molar-refractivity contribution in [3.05, 3.63) is 47.3 Å². The van der Waals surface area contributed by atoms with Gasteiger partial charge in [-0.15, -0.1) is 0 Å². The van der Waals surface area contributed by atoms with Gasteiger partial charge in [0, 0.05) is 18.2 Å². The maximum atomic E-state index is 12.4. The molecule has 0 spiro atoms. The first-order valence-electron chi connectivity index (χ1n) is 9.03. The van der Waals surface area contributed by atoms with Gasteiger partial charge in [0.25, 0.3) is 0 Å². The quantitative estimate of drug-likeness (QED) is 0.520. The van der Waals surface area contributed by atoms with Gasteiger partial charge in [-0.3, -0.25) is 0 Å². The van der Waals surface area contributed by atoms with E-state index in [-0.39, 0.29) is 18.2 Å². The predicted octanol–water partition coefficient (Wildman–Crippen LogP) is 3.99. The second-order valence-electron chi connectivity index (χ2n) is 6.43. The van der Waals surface area contributed by atoms with Gasteiger partial charge in [-0.25, -0.2) is 4.99 Å². The normalized spacial score (nSPS) is 12.3. The molecule has 0 aliphatic carbocycles. The average molecular weight is 398 g/mol. The molecule has 1 aromatic heterocycles. The molecule has 0 bridgehead atoms. The number of nitrogens with zero attached hydrogens (tertiary/aromatic N) is 2. The molecule has 9 heteroatoms. The highest BCUT2D eigenvalue weighted by molar-refractivity contribution is 5.79. The smallest absolute Gasteiger partial charge is 0.422 e. The van der Waals surface area contributed by atoms with Gasteiger partial charge in [0.05, 0.1) is 18.8 Å². The monoisotopic (exact) mass is 398 g/mol. The van der Waals surface area contributed by atoms with Crippen molar-refractivity contribution < 1.29 is 22.4 Å². The zero-order valence-corrected chi connectivity index (χ0v) is 16.1. The maximum absolute atomic E-state index is 12.4. The van der Waals surface area contributed by atoms with Crippen LogP contribution >= 0.6 is 0 Å². The van der Waals surface area contributed by atoms with Crippen molar-refractivity contribution in [2.24, 2.45) is 4.99 Å². The van der Waals surface area contributed by atoms with E-state index in [1.54, 1.807) is 18.2 Å². The lowest BCUT2D eigenvalue weighted by molar-refractivity contribution is -0.153. The summed E-state index contributed by atoms with van der Waals surface area (Å²) in [5.41, 5.74) is 1.43. The summed E-state index contributed by atoms with van der Waals surface area (Å²) in [6, 6.07) is 8.41. The Balaban J connectivity index is 2.01. The Kier molecular flexibility index (Phi) is 7.71. The second-order valence-corrected chi connectivity index (χ2v) is 6.43. The summed E-state index contributed by atoms with van der Waals surface area (Å²) < 4.78 is 47.4. The molecule has 2 aromatic rings. The highest BCUT2D eigenvalue weighted by Gasteiger charge is 2.28. The van der Waals surface area contributed by atoms with Crippen LogP contribution in [-0.4, -0.2) is 30.4 Å². The number of aromatic nitrogens is 1. The van der Waals surface area contributed by atoms with Gasteiger partial charge >= 0.3 is 6.18 Å². The third-order valence-corrected chi connectivity index (χ3v) is 3.71. The first-order chi connectivity index (χ1) is 13.3. The Hall–Kier alpha value is -2.71. The van der Waals surface area contributed by atoms with Gasteiger partial charge in [-0.2, -0.15) is 13.2 Å². The molecule has 154 valence electrons. The fourth-order valence-corrected chi connectivity index (χ4v) is 2.30. The number of rotatable bonds is 8. The number of para-hydroxylation sites is 1. The minimum atomic E-state index is -4.39. The van der Waals surface area contributed by atoms with Crippen LogP contribution in [0.2, 0.25) is 0 Å². The van der Waals surface area contributed by atoms with Gasteiger partial charge in [-0.05, 0) is 18.9 Å². The zero-order valence-electron chi connectivity index (χ0n) is 16.1. The second kappa shape index (κ2) is 10.0. The van der Waals surface area contributed by atoms with Crippen LogP contribution < -0.4 is 15.4 Å². The first kappa shape index (κ1) is 21.6. The summed E-state index contributed by atoms with van der Waals surface area (Å²) in [4.78, 5) is 4.42. The van der Waals surface area contributed by atoms with Crippen LogP contribution in [-0.2, 0) is 13.1 Å². The Morgan fingerprint density at radius 1 is 1.25 bits per heavy atom. The topological polar surface area (TPSA) is 71.7 Å². The van der Waals surface area contributed by atoms with Crippen LogP contribution in [0.3, 0.4) is 0 Å². The molecule has 0 aliphatic rings. The van der Waals surface area contributed by atoms with Crippen molar-refractivity contribution in [2.45, 2.75) is 46.0 Å². The Labute approximate surface area is 162 Å². The number of hydrogen-bond donors (Lipinski definition) is 2. The van der Waals surface area contributed by atoms with Gasteiger partial charge in [0.2, 0.25) is 0 Å². The number of aliphatic imine (C=N–C) groups is 1. The minimum absolute atomic E-state index is 0.163. The third kappa shape index (κ3) is 7.13. The highest BCUT2D eigenvalue weighted by atomic mass is 19.4. The van der Waals surface area contributed by atoms with Crippen molar-refractivity contribution >= 4 is 5.96 Å². The van der Waals surface area contributed by atoms with Crippen LogP contribution in [0, 0.1) is 0 Å². The summed E-state index contributed by atoms with van der Waals surface area (Å²) in [5, 5.41) is 10.2.